The minimum atomic E-state index is -0.106. The SMILES string of the molecule is CC(=O)Nc1ccc(OCCOCCOCCOCCOCCOCCOCCOCCOCCN)cc1. The number of benzene rings is 1. The smallest absolute Gasteiger partial charge is 0.221 e. The van der Waals surface area contributed by atoms with E-state index in [9.17, 15) is 4.79 Å². The van der Waals surface area contributed by atoms with Crippen molar-refractivity contribution in [3.8, 4) is 5.75 Å². The Morgan fingerprint density at radius 1 is 0.553 bits per heavy atom. The Morgan fingerprint density at radius 3 is 1.18 bits per heavy atom. The number of nitrogens with two attached hydrogens (primary N) is 1. The molecule has 1 aromatic rings. The van der Waals surface area contributed by atoms with Crippen LogP contribution in [0.2, 0.25) is 0 Å². The summed E-state index contributed by atoms with van der Waals surface area (Å²) in [5.74, 6) is 0.613. The maximum absolute atomic E-state index is 11.0. The van der Waals surface area contributed by atoms with E-state index >= 15 is 0 Å². The third-order valence-corrected chi connectivity index (χ3v) is 4.54. The first-order valence-electron chi connectivity index (χ1n) is 13.0. The molecule has 0 atom stereocenters. The number of carbonyl (C=O) groups is 1. The van der Waals surface area contributed by atoms with Crippen molar-refractivity contribution < 1.29 is 47.4 Å². The van der Waals surface area contributed by atoms with Crippen molar-refractivity contribution >= 4 is 11.6 Å². The first kappa shape index (κ1) is 34.2. The zero-order valence-corrected chi connectivity index (χ0v) is 22.7. The molecule has 0 saturated heterocycles. The lowest BCUT2D eigenvalue weighted by Gasteiger charge is -2.09. The first-order chi connectivity index (χ1) is 18.7. The van der Waals surface area contributed by atoms with Crippen LogP contribution in [-0.2, 0) is 42.7 Å². The van der Waals surface area contributed by atoms with Gasteiger partial charge in [-0.3, -0.25) is 4.79 Å². The number of rotatable bonds is 28. The van der Waals surface area contributed by atoms with Gasteiger partial charge in [-0.2, -0.15) is 0 Å². The van der Waals surface area contributed by atoms with E-state index < -0.39 is 0 Å². The quantitative estimate of drug-likeness (QED) is 0.146. The number of amides is 1. The Kier molecular flexibility index (Phi) is 24.0. The maximum Gasteiger partial charge on any atom is 0.221 e. The molecule has 220 valence electrons. The number of ether oxygens (including phenoxy) is 9. The van der Waals surface area contributed by atoms with Crippen LogP contribution in [0.15, 0.2) is 24.3 Å². The van der Waals surface area contributed by atoms with E-state index in [2.05, 4.69) is 5.32 Å². The van der Waals surface area contributed by atoms with Crippen molar-refractivity contribution in [2.24, 2.45) is 5.73 Å². The molecule has 0 aliphatic rings. The standard InChI is InChI=1S/C26H46N2O10/c1-24(29)28-25-2-4-26(5-3-25)38-23-22-37-21-20-36-19-18-35-17-16-34-15-14-33-13-12-32-11-10-31-9-8-30-7-6-27/h2-5H,6-23,27H2,1H3,(H,28,29). The van der Waals surface area contributed by atoms with Gasteiger partial charge in [-0.25, -0.2) is 0 Å². The van der Waals surface area contributed by atoms with E-state index in [0.29, 0.717) is 119 Å². The van der Waals surface area contributed by atoms with Gasteiger partial charge in [0.1, 0.15) is 12.4 Å². The number of carbonyl (C=O) groups excluding carboxylic acids is 1. The lowest BCUT2D eigenvalue weighted by molar-refractivity contribution is -0.114. The molecule has 0 aliphatic carbocycles. The molecule has 38 heavy (non-hydrogen) atoms. The summed E-state index contributed by atoms with van der Waals surface area (Å²) >= 11 is 0. The Balaban J connectivity index is 1.70. The zero-order valence-electron chi connectivity index (χ0n) is 22.7. The summed E-state index contributed by atoms with van der Waals surface area (Å²) in [6, 6.07) is 7.18. The number of hydrogen-bond donors (Lipinski definition) is 2. The Labute approximate surface area is 226 Å². The second kappa shape index (κ2) is 26.7. The molecule has 12 nitrogen and oxygen atoms in total. The van der Waals surface area contributed by atoms with E-state index in [0.717, 1.165) is 11.4 Å². The van der Waals surface area contributed by atoms with Crippen LogP contribution < -0.4 is 15.8 Å². The minimum Gasteiger partial charge on any atom is -0.491 e. The molecular weight excluding hydrogens is 500 g/mol. The van der Waals surface area contributed by atoms with Gasteiger partial charge in [0.15, 0.2) is 0 Å². The Hall–Kier alpha value is -1.87. The van der Waals surface area contributed by atoms with Gasteiger partial charge in [0.05, 0.1) is 106 Å². The molecule has 12 heteroatoms. The second-order valence-corrected chi connectivity index (χ2v) is 7.74. The average molecular weight is 547 g/mol. The minimum absolute atomic E-state index is 0.106. The number of hydrogen-bond acceptors (Lipinski definition) is 11. The van der Waals surface area contributed by atoms with Crippen molar-refractivity contribution in [3.63, 3.8) is 0 Å². The lowest BCUT2D eigenvalue weighted by atomic mass is 10.3. The van der Waals surface area contributed by atoms with Crippen LogP contribution in [0.3, 0.4) is 0 Å². The van der Waals surface area contributed by atoms with Crippen LogP contribution in [0.1, 0.15) is 6.92 Å². The summed E-state index contributed by atoms with van der Waals surface area (Å²) in [5.41, 5.74) is 6.05. The van der Waals surface area contributed by atoms with Crippen LogP contribution in [0.4, 0.5) is 5.69 Å². The first-order valence-corrected chi connectivity index (χ1v) is 13.0. The highest BCUT2D eigenvalue weighted by Crippen LogP contribution is 2.15. The summed E-state index contributed by atoms with van der Waals surface area (Å²) < 4.78 is 48.8. The van der Waals surface area contributed by atoms with Crippen LogP contribution in [0.25, 0.3) is 0 Å². The second-order valence-electron chi connectivity index (χ2n) is 7.74. The fraction of sp³-hybridized carbons (Fsp3) is 0.731. The third kappa shape index (κ3) is 23.3. The number of anilines is 1. The fourth-order valence-electron chi connectivity index (χ4n) is 2.78. The molecule has 0 unspecified atom stereocenters. The van der Waals surface area contributed by atoms with Gasteiger partial charge in [0.2, 0.25) is 5.91 Å². The molecule has 0 spiro atoms. The van der Waals surface area contributed by atoms with Crippen molar-refractivity contribution in [2.45, 2.75) is 6.92 Å². The highest BCUT2D eigenvalue weighted by Gasteiger charge is 1.98. The molecule has 0 saturated carbocycles. The zero-order chi connectivity index (χ0) is 27.4. The summed E-state index contributed by atoms with van der Waals surface area (Å²) in [7, 11) is 0. The van der Waals surface area contributed by atoms with Gasteiger partial charge in [0, 0.05) is 19.2 Å². The summed E-state index contributed by atoms with van der Waals surface area (Å²) in [4.78, 5) is 11.0. The average Bonchev–Trinajstić information content (AvgIpc) is 2.91. The van der Waals surface area contributed by atoms with Crippen molar-refractivity contribution in [1.29, 1.82) is 0 Å². The predicted molar refractivity (Wildman–Crippen MR) is 142 cm³/mol. The van der Waals surface area contributed by atoms with E-state index in [1.165, 1.54) is 6.92 Å². The molecular formula is C26H46N2O10. The molecule has 0 aromatic heterocycles. The monoisotopic (exact) mass is 546 g/mol. The van der Waals surface area contributed by atoms with Gasteiger partial charge in [-0.1, -0.05) is 0 Å². The predicted octanol–water partition coefficient (Wildman–Crippen LogP) is 1.12. The summed E-state index contributed by atoms with van der Waals surface area (Å²) in [6.07, 6.45) is 0. The summed E-state index contributed by atoms with van der Waals surface area (Å²) in [6.45, 7) is 10.6. The van der Waals surface area contributed by atoms with Crippen LogP contribution in [0.5, 0.6) is 5.75 Å². The van der Waals surface area contributed by atoms with Crippen molar-refractivity contribution in [1.82, 2.24) is 0 Å². The fourth-order valence-corrected chi connectivity index (χ4v) is 2.78. The topological polar surface area (TPSA) is 138 Å². The number of nitrogens with one attached hydrogen (secondary N) is 1. The van der Waals surface area contributed by atoms with Gasteiger partial charge in [-0.15, -0.1) is 0 Å². The molecule has 0 bridgehead atoms. The molecule has 1 rings (SSSR count). The van der Waals surface area contributed by atoms with Crippen LogP contribution >= 0.6 is 0 Å². The Bertz CT molecular complexity index is 651. The maximum atomic E-state index is 11.0. The lowest BCUT2D eigenvalue weighted by Crippen LogP contribution is -2.15. The molecule has 0 radical (unpaired) electrons. The highest BCUT2D eigenvalue weighted by atomic mass is 16.6. The third-order valence-electron chi connectivity index (χ3n) is 4.54. The van der Waals surface area contributed by atoms with Gasteiger partial charge in [0.25, 0.3) is 0 Å². The van der Waals surface area contributed by atoms with Crippen LogP contribution in [-0.4, -0.2) is 125 Å². The van der Waals surface area contributed by atoms with E-state index in [-0.39, 0.29) is 5.91 Å². The summed E-state index contributed by atoms with van der Waals surface area (Å²) in [5, 5.41) is 2.71. The van der Waals surface area contributed by atoms with E-state index in [4.69, 9.17) is 48.4 Å². The molecule has 0 heterocycles. The molecule has 0 aliphatic heterocycles. The van der Waals surface area contributed by atoms with E-state index in [1.807, 2.05) is 0 Å². The molecule has 1 aromatic carbocycles. The van der Waals surface area contributed by atoms with Crippen LogP contribution in [0, 0.1) is 0 Å². The largest absolute Gasteiger partial charge is 0.491 e. The molecule has 1 amide bonds. The van der Waals surface area contributed by atoms with E-state index in [1.54, 1.807) is 24.3 Å². The highest BCUT2D eigenvalue weighted by molar-refractivity contribution is 5.88. The van der Waals surface area contributed by atoms with Gasteiger partial charge < -0.3 is 53.7 Å². The van der Waals surface area contributed by atoms with Crippen molar-refractivity contribution in [2.75, 3.05) is 124 Å². The van der Waals surface area contributed by atoms with Gasteiger partial charge >= 0.3 is 0 Å². The van der Waals surface area contributed by atoms with Crippen molar-refractivity contribution in [3.05, 3.63) is 24.3 Å². The molecule has 3 N–H and O–H groups in total. The normalized spacial score (nSPS) is 11.1. The van der Waals surface area contributed by atoms with Gasteiger partial charge in [-0.05, 0) is 24.3 Å². The molecule has 0 fully saturated rings. The Morgan fingerprint density at radius 2 is 0.868 bits per heavy atom.